The predicted octanol–water partition coefficient (Wildman–Crippen LogP) is 1.63. The molecule has 0 spiro atoms. The molecular formula is C6H13NO3. The van der Waals surface area contributed by atoms with E-state index in [4.69, 9.17) is 0 Å². The van der Waals surface area contributed by atoms with Crippen molar-refractivity contribution < 1.29 is 9.92 Å². The van der Waals surface area contributed by atoms with Crippen LogP contribution in [0.1, 0.15) is 26.7 Å². The maximum absolute atomic E-state index is 9.63. The zero-order valence-corrected chi connectivity index (χ0v) is 6.37. The summed E-state index contributed by atoms with van der Waals surface area (Å²) < 4.78 is 0. The van der Waals surface area contributed by atoms with Gasteiger partial charge in [0.1, 0.15) is 0 Å². The van der Waals surface area contributed by atoms with Crippen LogP contribution in [0.2, 0.25) is 0 Å². The Labute approximate surface area is 60.3 Å². The van der Waals surface area contributed by atoms with Crippen molar-refractivity contribution in [3.05, 3.63) is 10.1 Å². The van der Waals surface area contributed by atoms with Gasteiger partial charge >= 0.3 is 0 Å². The summed E-state index contributed by atoms with van der Waals surface area (Å²) in [5, 5.41) is 8.88. The van der Waals surface area contributed by atoms with E-state index in [1.54, 1.807) is 0 Å². The Morgan fingerprint density at radius 1 is 1.60 bits per heavy atom. The molecule has 0 fully saturated rings. The van der Waals surface area contributed by atoms with Crippen molar-refractivity contribution in [3.8, 4) is 0 Å². The maximum Gasteiger partial charge on any atom is 0.294 e. The summed E-state index contributed by atoms with van der Waals surface area (Å²) in [7, 11) is 0. The molecule has 0 aliphatic rings. The summed E-state index contributed by atoms with van der Waals surface area (Å²) in [5.41, 5.74) is 0. The standard InChI is InChI=1S/C6H13NO3/c1-6(2)4-3-5-10-7(8)9/h6H,3-5H2,1-2H3. The van der Waals surface area contributed by atoms with E-state index in [0.29, 0.717) is 5.92 Å². The Balaban J connectivity index is 2.98. The van der Waals surface area contributed by atoms with Crippen LogP contribution in [-0.4, -0.2) is 11.7 Å². The van der Waals surface area contributed by atoms with Crippen LogP contribution in [0.15, 0.2) is 0 Å². The number of hydrogen-bond acceptors (Lipinski definition) is 3. The number of hydrogen-bond donors (Lipinski definition) is 0. The molecule has 0 aromatic rings. The maximum atomic E-state index is 9.63. The Morgan fingerprint density at radius 2 is 2.20 bits per heavy atom. The van der Waals surface area contributed by atoms with Crippen LogP contribution in [-0.2, 0) is 4.84 Å². The molecule has 0 amide bonds. The van der Waals surface area contributed by atoms with E-state index in [2.05, 4.69) is 18.7 Å². The Bertz CT molecular complexity index is 103. The summed E-state index contributed by atoms with van der Waals surface area (Å²) in [6.45, 7) is 4.38. The molecule has 0 aromatic heterocycles. The van der Waals surface area contributed by atoms with Gasteiger partial charge in [-0.15, -0.1) is 10.1 Å². The van der Waals surface area contributed by atoms with E-state index in [-0.39, 0.29) is 6.61 Å². The zero-order chi connectivity index (χ0) is 7.98. The van der Waals surface area contributed by atoms with Gasteiger partial charge in [-0.1, -0.05) is 13.8 Å². The average Bonchev–Trinajstić information content (AvgIpc) is 1.79. The van der Waals surface area contributed by atoms with Crippen LogP contribution in [0.3, 0.4) is 0 Å². The van der Waals surface area contributed by atoms with Crippen LogP contribution in [0.25, 0.3) is 0 Å². The second-order valence-electron chi connectivity index (χ2n) is 2.59. The molecule has 0 saturated carbocycles. The molecule has 0 saturated heterocycles. The van der Waals surface area contributed by atoms with Gasteiger partial charge in [-0.2, -0.15) is 0 Å². The SMILES string of the molecule is CC(C)CCCO[N+](=O)[O-]. The zero-order valence-electron chi connectivity index (χ0n) is 6.37. The smallest absolute Gasteiger partial charge is 0.294 e. The summed E-state index contributed by atoms with van der Waals surface area (Å²) in [6.07, 6.45) is 1.74. The van der Waals surface area contributed by atoms with Crippen molar-refractivity contribution >= 4 is 0 Å². The molecule has 0 N–H and O–H groups in total. The summed E-state index contributed by atoms with van der Waals surface area (Å²) in [5.74, 6) is 0.593. The third-order valence-corrected chi connectivity index (χ3v) is 1.12. The Morgan fingerprint density at radius 3 is 2.60 bits per heavy atom. The third kappa shape index (κ3) is 7.20. The van der Waals surface area contributed by atoms with Gasteiger partial charge in [-0.05, 0) is 18.8 Å². The molecule has 10 heavy (non-hydrogen) atoms. The summed E-state index contributed by atoms with van der Waals surface area (Å²) in [6, 6.07) is 0. The molecule has 4 heteroatoms. The predicted molar refractivity (Wildman–Crippen MR) is 37.0 cm³/mol. The molecule has 4 nitrogen and oxygen atoms in total. The second-order valence-corrected chi connectivity index (χ2v) is 2.59. The summed E-state index contributed by atoms with van der Waals surface area (Å²) >= 11 is 0. The molecule has 0 aliphatic carbocycles. The van der Waals surface area contributed by atoms with E-state index in [1.807, 2.05) is 0 Å². The Kier molecular flexibility index (Phi) is 4.62. The van der Waals surface area contributed by atoms with E-state index in [0.717, 1.165) is 12.8 Å². The lowest BCUT2D eigenvalue weighted by atomic mass is 10.1. The molecule has 0 aromatic carbocycles. The van der Waals surface area contributed by atoms with Crippen molar-refractivity contribution in [2.75, 3.05) is 6.61 Å². The largest absolute Gasteiger partial charge is 0.314 e. The highest BCUT2D eigenvalue weighted by Gasteiger charge is 1.96. The van der Waals surface area contributed by atoms with Gasteiger partial charge in [0.2, 0.25) is 0 Å². The molecule has 0 radical (unpaired) electrons. The normalized spacial score (nSPS) is 9.90. The summed E-state index contributed by atoms with van der Waals surface area (Å²) in [4.78, 5) is 13.7. The fourth-order valence-corrected chi connectivity index (χ4v) is 0.631. The van der Waals surface area contributed by atoms with Crippen molar-refractivity contribution in [3.63, 3.8) is 0 Å². The van der Waals surface area contributed by atoms with E-state index in [1.165, 1.54) is 0 Å². The van der Waals surface area contributed by atoms with Crippen LogP contribution in [0, 0.1) is 16.0 Å². The molecule has 0 heterocycles. The average molecular weight is 147 g/mol. The quantitative estimate of drug-likeness (QED) is 0.337. The molecule has 0 rings (SSSR count). The van der Waals surface area contributed by atoms with Gasteiger partial charge in [0.15, 0.2) is 0 Å². The van der Waals surface area contributed by atoms with Crippen LogP contribution in [0.5, 0.6) is 0 Å². The minimum Gasteiger partial charge on any atom is -0.314 e. The molecular weight excluding hydrogens is 134 g/mol. The minimum atomic E-state index is -0.750. The molecule has 0 atom stereocenters. The number of nitrogens with zero attached hydrogens (tertiary/aromatic N) is 1. The first kappa shape index (κ1) is 9.20. The van der Waals surface area contributed by atoms with E-state index >= 15 is 0 Å². The van der Waals surface area contributed by atoms with Crippen LogP contribution >= 0.6 is 0 Å². The monoisotopic (exact) mass is 147 g/mol. The van der Waals surface area contributed by atoms with Gasteiger partial charge in [0, 0.05) is 0 Å². The highest BCUT2D eigenvalue weighted by molar-refractivity contribution is 4.42. The molecule has 0 bridgehead atoms. The third-order valence-electron chi connectivity index (χ3n) is 1.12. The Hall–Kier alpha value is -0.800. The van der Waals surface area contributed by atoms with Gasteiger partial charge in [-0.3, -0.25) is 0 Å². The lowest BCUT2D eigenvalue weighted by molar-refractivity contribution is -0.757. The van der Waals surface area contributed by atoms with Crippen molar-refractivity contribution in [1.82, 2.24) is 0 Å². The second kappa shape index (κ2) is 5.02. The van der Waals surface area contributed by atoms with Gasteiger partial charge in [0.25, 0.3) is 5.09 Å². The molecule has 60 valence electrons. The van der Waals surface area contributed by atoms with Gasteiger partial charge < -0.3 is 4.84 Å². The minimum absolute atomic E-state index is 0.227. The lowest BCUT2D eigenvalue weighted by Gasteiger charge is -2.01. The first-order valence-electron chi connectivity index (χ1n) is 3.40. The highest BCUT2D eigenvalue weighted by Crippen LogP contribution is 2.02. The van der Waals surface area contributed by atoms with Crippen molar-refractivity contribution in [2.45, 2.75) is 26.7 Å². The van der Waals surface area contributed by atoms with Crippen LogP contribution < -0.4 is 0 Å². The first-order chi connectivity index (χ1) is 4.63. The van der Waals surface area contributed by atoms with Gasteiger partial charge in [0.05, 0.1) is 6.61 Å². The topological polar surface area (TPSA) is 52.4 Å². The van der Waals surface area contributed by atoms with Crippen LogP contribution in [0.4, 0.5) is 0 Å². The van der Waals surface area contributed by atoms with Gasteiger partial charge in [-0.25, -0.2) is 0 Å². The molecule has 0 aliphatic heterocycles. The number of rotatable bonds is 5. The van der Waals surface area contributed by atoms with E-state index < -0.39 is 5.09 Å². The first-order valence-corrected chi connectivity index (χ1v) is 3.40. The van der Waals surface area contributed by atoms with E-state index in [9.17, 15) is 10.1 Å². The van der Waals surface area contributed by atoms with Crippen molar-refractivity contribution in [1.29, 1.82) is 0 Å². The highest BCUT2D eigenvalue weighted by atomic mass is 16.9. The van der Waals surface area contributed by atoms with Crippen molar-refractivity contribution in [2.24, 2.45) is 5.92 Å². The fraction of sp³-hybridized carbons (Fsp3) is 1.00. The fourth-order valence-electron chi connectivity index (χ4n) is 0.631. The molecule has 0 unspecified atom stereocenters. The lowest BCUT2D eigenvalue weighted by Crippen LogP contribution is -2.02.